The Balaban J connectivity index is 1.99. The zero-order valence-electron chi connectivity index (χ0n) is 12.3. The first-order valence-corrected chi connectivity index (χ1v) is 7.17. The molecule has 110 valence electrons. The van der Waals surface area contributed by atoms with E-state index in [9.17, 15) is 4.79 Å². The minimum atomic E-state index is -0.0689. The van der Waals surface area contributed by atoms with Gasteiger partial charge in [-0.15, -0.1) is 0 Å². The van der Waals surface area contributed by atoms with E-state index in [0.717, 1.165) is 18.5 Å². The van der Waals surface area contributed by atoms with Crippen LogP contribution in [-0.2, 0) is 0 Å². The van der Waals surface area contributed by atoms with Gasteiger partial charge < -0.3 is 15.6 Å². The van der Waals surface area contributed by atoms with Crippen LogP contribution < -0.4 is 16.6 Å². The quantitative estimate of drug-likeness (QED) is 0.576. The molecule has 1 aromatic carbocycles. The average molecular weight is 276 g/mol. The molecular formula is C15H24N4O. The lowest BCUT2D eigenvalue weighted by atomic mass is 10.0. The summed E-state index contributed by atoms with van der Waals surface area (Å²) in [4.78, 5) is 14.6. The summed E-state index contributed by atoms with van der Waals surface area (Å²) in [6.45, 7) is 3.76. The van der Waals surface area contributed by atoms with E-state index in [-0.39, 0.29) is 5.91 Å². The predicted molar refractivity (Wildman–Crippen MR) is 81.6 cm³/mol. The van der Waals surface area contributed by atoms with Crippen LogP contribution in [0.2, 0.25) is 0 Å². The molecule has 5 nitrogen and oxygen atoms in total. The monoisotopic (exact) mass is 276 g/mol. The molecule has 1 amide bonds. The van der Waals surface area contributed by atoms with Crippen LogP contribution in [0.15, 0.2) is 18.2 Å². The molecule has 1 saturated heterocycles. The molecule has 1 aliphatic heterocycles. The van der Waals surface area contributed by atoms with Crippen molar-refractivity contribution in [3.63, 3.8) is 0 Å². The lowest BCUT2D eigenvalue weighted by molar-refractivity contribution is 0.0929. The number of piperidine rings is 1. The number of nitrogens with zero attached hydrogens (tertiary/aromatic N) is 1. The molecule has 20 heavy (non-hydrogen) atoms. The fourth-order valence-electron chi connectivity index (χ4n) is 2.68. The van der Waals surface area contributed by atoms with Crippen molar-refractivity contribution in [1.29, 1.82) is 0 Å². The third kappa shape index (κ3) is 3.49. The maximum absolute atomic E-state index is 12.3. The first kappa shape index (κ1) is 14.8. The SMILES string of the molecule is Cc1ccc(NN)c(C(=O)NCC2CCCCN2C)c1. The average Bonchev–Trinajstić information content (AvgIpc) is 2.46. The first-order chi connectivity index (χ1) is 9.61. The molecule has 0 radical (unpaired) electrons. The van der Waals surface area contributed by atoms with Crippen molar-refractivity contribution in [2.75, 3.05) is 25.6 Å². The summed E-state index contributed by atoms with van der Waals surface area (Å²) in [6, 6.07) is 6.05. The largest absolute Gasteiger partial charge is 0.350 e. The third-order valence-electron chi connectivity index (χ3n) is 3.99. The number of rotatable bonds is 4. The number of carbonyl (C=O) groups is 1. The van der Waals surface area contributed by atoms with Gasteiger partial charge >= 0.3 is 0 Å². The van der Waals surface area contributed by atoms with Crippen LogP contribution in [0.5, 0.6) is 0 Å². The molecule has 1 aromatic rings. The summed E-state index contributed by atoms with van der Waals surface area (Å²) in [5.41, 5.74) is 4.88. The second-order valence-electron chi connectivity index (χ2n) is 5.53. The van der Waals surface area contributed by atoms with E-state index in [4.69, 9.17) is 5.84 Å². The summed E-state index contributed by atoms with van der Waals surface area (Å²) in [5.74, 6) is 5.39. The van der Waals surface area contributed by atoms with Crippen molar-refractivity contribution in [1.82, 2.24) is 10.2 Å². The Bertz CT molecular complexity index is 475. The van der Waals surface area contributed by atoms with Crippen LogP contribution >= 0.6 is 0 Å². The minimum absolute atomic E-state index is 0.0689. The lowest BCUT2D eigenvalue weighted by Gasteiger charge is -2.32. The highest BCUT2D eigenvalue weighted by molar-refractivity contribution is 5.99. The molecule has 2 rings (SSSR count). The molecule has 0 spiro atoms. The first-order valence-electron chi connectivity index (χ1n) is 7.17. The van der Waals surface area contributed by atoms with E-state index in [1.807, 2.05) is 25.1 Å². The number of likely N-dealkylation sites (N-methyl/N-ethyl adjacent to an activating group) is 1. The van der Waals surface area contributed by atoms with Gasteiger partial charge in [0.1, 0.15) is 0 Å². The highest BCUT2D eigenvalue weighted by Crippen LogP contribution is 2.17. The number of carbonyl (C=O) groups excluding carboxylic acids is 1. The van der Waals surface area contributed by atoms with Gasteiger partial charge in [0.15, 0.2) is 0 Å². The molecule has 0 aliphatic carbocycles. The molecule has 1 heterocycles. The summed E-state index contributed by atoms with van der Waals surface area (Å²) in [6.07, 6.45) is 3.64. The molecule has 0 aromatic heterocycles. The van der Waals surface area contributed by atoms with Gasteiger partial charge in [-0.05, 0) is 45.5 Å². The van der Waals surface area contributed by atoms with Gasteiger partial charge in [0.25, 0.3) is 5.91 Å². The van der Waals surface area contributed by atoms with Crippen molar-refractivity contribution in [3.8, 4) is 0 Å². The Morgan fingerprint density at radius 2 is 2.25 bits per heavy atom. The van der Waals surface area contributed by atoms with Crippen LogP contribution in [0.4, 0.5) is 5.69 Å². The number of benzene rings is 1. The van der Waals surface area contributed by atoms with Gasteiger partial charge in [0, 0.05) is 12.6 Å². The Morgan fingerprint density at radius 3 is 2.95 bits per heavy atom. The molecule has 1 aliphatic rings. The van der Waals surface area contributed by atoms with Gasteiger partial charge in [0.05, 0.1) is 11.3 Å². The molecule has 1 unspecified atom stereocenters. The van der Waals surface area contributed by atoms with E-state index < -0.39 is 0 Å². The van der Waals surface area contributed by atoms with E-state index in [1.165, 1.54) is 12.8 Å². The molecular weight excluding hydrogens is 252 g/mol. The maximum atomic E-state index is 12.3. The second kappa shape index (κ2) is 6.72. The zero-order chi connectivity index (χ0) is 14.5. The summed E-state index contributed by atoms with van der Waals surface area (Å²) >= 11 is 0. The second-order valence-corrected chi connectivity index (χ2v) is 5.53. The molecule has 5 heteroatoms. The number of hydrogen-bond acceptors (Lipinski definition) is 4. The van der Waals surface area contributed by atoms with Gasteiger partial charge in [-0.2, -0.15) is 0 Å². The molecule has 1 atom stereocenters. The van der Waals surface area contributed by atoms with Gasteiger partial charge in [-0.1, -0.05) is 18.1 Å². The molecule has 1 fully saturated rings. The Labute approximate surface area is 120 Å². The number of nitrogen functional groups attached to an aromatic ring is 1. The number of hydrazine groups is 1. The standard InChI is InChI=1S/C15H24N4O/c1-11-6-7-14(18-16)13(9-11)15(20)17-10-12-5-3-4-8-19(12)2/h6-7,9,12,18H,3-5,8,10,16H2,1-2H3,(H,17,20). The van der Waals surface area contributed by atoms with Crippen molar-refractivity contribution in [2.24, 2.45) is 5.84 Å². The van der Waals surface area contributed by atoms with Crippen LogP contribution in [0.3, 0.4) is 0 Å². The Hall–Kier alpha value is -1.59. The normalized spacial score (nSPS) is 19.6. The topological polar surface area (TPSA) is 70.4 Å². The number of anilines is 1. The summed E-state index contributed by atoms with van der Waals surface area (Å²) in [5, 5.41) is 3.02. The van der Waals surface area contributed by atoms with Crippen LogP contribution in [-0.4, -0.2) is 37.0 Å². The number of amides is 1. The highest BCUT2D eigenvalue weighted by Gasteiger charge is 2.20. The molecule has 4 N–H and O–H groups in total. The van der Waals surface area contributed by atoms with Crippen molar-refractivity contribution in [2.45, 2.75) is 32.2 Å². The van der Waals surface area contributed by atoms with E-state index in [1.54, 1.807) is 0 Å². The molecule has 0 bridgehead atoms. The summed E-state index contributed by atoms with van der Waals surface area (Å²) in [7, 11) is 2.12. The minimum Gasteiger partial charge on any atom is -0.350 e. The predicted octanol–water partition coefficient (Wildman–Crippen LogP) is 1.49. The highest BCUT2D eigenvalue weighted by atomic mass is 16.1. The van der Waals surface area contributed by atoms with Gasteiger partial charge in [-0.3, -0.25) is 10.6 Å². The summed E-state index contributed by atoms with van der Waals surface area (Å²) < 4.78 is 0. The number of likely N-dealkylation sites (tertiary alicyclic amines) is 1. The number of aryl methyl sites for hydroxylation is 1. The van der Waals surface area contributed by atoms with Gasteiger partial charge in [-0.25, -0.2) is 0 Å². The van der Waals surface area contributed by atoms with E-state index in [2.05, 4.69) is 22.7 Å². The van der Waals surface area contributed by atoms with Crippen LogP contribution in [0, 0.1) is 6.92 Å². The number of nitrogens with two attached hydrogens (primary N) is 1. The van der Waals surface area contributed by atoms with E-state index >= 15 is 0 Å². The number of hydrogen-bond donors (Lipinski definition) is 3. The smallest absolute Gasteiger partial charge is 0.253 e. The number of nitrogens with one attached hydrogen (secondary N) is 2. The van der Waals surface area contributed by atoms with Crippen molar-refractivity contribution >= 4 is 11.6 Å². The van der Waals surface area contributed by atoms with Crippen LogP contribution in [0.25, 0.3) is 0 Å². The Morgan fingerprint density at radius 1 is 1.45 bits per heavy atom. The van der Waals surface area contributed by atoms with Crippen molar-refractivity contribution in [3.05, 3.63) is 29.3 Å². The van der Waals surface area contributed by atoms with Gasteiger partial charge in [0.2, 0.25) is 0 Å². The van der Waals surface area contributed by atoms with E-state index in [0.29, 0.717) is 23.8 Å². The lowest BCUT2D eigenvalue weighted by Crippen LogP contribution is -2.44. The fraction of sp³-hybridized carbons (Fsp3) is 0.533. The maximum Gasteiger partial charge on any atom is 0.253 e. The third-order valence-corrected chi connectivity index (χ3v) is 3.99. The zero-order valence-corrected chi connectivity index (χ0v) is 12.3. The molecule has 0 saturated carbocycles. The van der Waals surface area contributed by atoms with Crippen molar-refractivity contribution < 1.29 is 4.79 Å². The van der Waals surface area contributed by atoms with Crippen LogP contribution in [0.1, 0.15) is 35.2 Å². The fourth-order valence-corrected chi connectivity index (χ4v) is 2.68. The Kier molecular flexibility index (Phi) is 4.98.